The number of thioether (sulfide) groups is 1. The molecule has 2 atom stereocenters. The molecule has 0 aromatic heterocycles. The van der Waals surface area contributed by atoms with Gasteiger partial charge in [-0.05, 0) is 12.1 Å². The van der Waals surface area contributed by atoms with Crippen LogP contribution in [0.2, 0.25) is 0 Å². The summed E-state index contributed by atoms with van der Waals surface area (Å²) in [6.45, 7) is 0.853. The van der Waals surface area contributed by atoms with Crippen LogP contribution in [0.5, 0.6) is 5.75 Å². The Kier molecular flexibility index (Phi) is 7.40. The molecule has 3 rings (SSSR count). The van der Waals surface area contributed by atoms with Gasteiger partial charge in [-0.3, -0.25) is 19.3 Å². The third-order valence-electron chi connectivity index (χ3n) is 4.69. The Balaban J connectivity index is 1.79. The lowest BCUT2D eigenvalue weighted by Crippen LogP contribution is -2.71. The van der Waals surface area contributed by atoms with Crippen LogP contribution in [0.15, 0.2) is 40.7 Å². The van der Waals surface area contributed by atoms with Gasteiger partial charge in [0.15, 0.2) is 5.71 Å². The van der Waals surface area contributed by atoms with Gasteiger partial charge in [0.2, 0.25) is 0 Å². The van der Waals surface area contributed by atoms with Gasteiger partial charge in [0, 0.05) is 23.8 Å². The fourth-order valence-corrected chi connectivity index (χ4v) is 4.68. The molecule has 1 fully saturated rings. The van der Waals surface area contributed by atoms with Crippen molar-refractivity contribution in [1.82, 2.24) is 10.2 Å². The van der Waals surface area contributed by atoms with Gasteiger partial charge in [-0.2, -0.15) is 0 Å². The zero-order chi connectivity index (χ0) is 25.0. The van der Waals surface area contributed by atoms with Crippen LogP contribution in [0, 0.1) is 0 Å². The summed E-state index contributed by atoms with van der Waals surface area (Å²) in [6, 6.07) is 4.95. The van der Waals surface area contributed by atoms with Crippen molar-refractivity contribution in [1.29, 1.82) is 0 Å². The fourth-order valence-electron chi connectivity index (χ4n) is 3.35. The van der Waals surface area contributed by atoms with E-state index in [0.717, 1.165) is 4.90 Å². The maximum absolute atomic E-state index is 12.9. The van der Waals surface area contributed by atoms with Crippen LogP contribution in [0.25, 0.3) is 0 Å². The highest BCUT2D eigenvalue weighted by molar-refractivity contribution is 8.00. The predicted octanol–water partition coefficient (Wildman–Crippen LogP) is -0.204. The van der Waals surface area contributed by atoms with Gasteiger partial charge in [0.1, 0.15) is 36.6 Å². The largest absolute Gasteiger partial charge is 0.477 e. The summed E-state index contributed by atoms with van der Waals surface area (Å²) in [6.07, 6.45) is -1.08. The van der Waals surface area contributed by atoms with E-state index in [0.29, 0.717) is 0 Å². The monoisotopic (exact) mass is 492 g/mol. The zero-order valence-electron chi connectivity index (χ0n) is 18.0. The number of nitrogens with zero attached hydrogens (tertiary/aromatic N) is 2. The highest BCUT2D eigenvalue weighted by Crippen LogP contribution is 2.40. The molecule has 2 aliphatic rings. The van der Waals surface area contributed by atoms with Crippen LogP contribution in [0.3, 0.4) is 0 Å². The van der Waals surface area contributed by atoms with E-state index in [-0.39, 0.29) is 40.7 Å². The van der Waals surface area contributed by atoms with Crippen LogP contribution in [-0.2, 0) is 28.8 Å². The summed E-state index contributed by atoms with van der Waals surface area (Å²) in [5.74, 6) is -3.04. The number of hydrogen-bond acceptors (Lipinski definition) is 10. The number of carbonyl (C=O) groups excluding carboxylic acids is 4. The molecule has 1 saturated heterocycles. The highest BCUT2D eigenvalue weighted by Gasteiger charge is 2.54. The standard InChI is InChI=1S/C20H20N4O9S/c1-9(25)33-12-5-3-4-10(6-12)13(23-31-2)16(26)22-14-17(27)24-15(19(28)29)11(7-32-20(21)30)8-34-18(14)24/h3-6,14,18H,7-8H2,1-2H3,(H2,21,30)(H,22,26)(H,28,29)/b23-13+/t14?,18-/m1/s1. The molecule has 13 nitrogen and oxygen atoms in total. The van der Waals surface area contributed by atoms with Gasteiger partial charge in [-0.1, -0.05) is 17.3 Å². The number of nitrogens with one attached hydrogen (secondary N) is 1. The average Bonchev–Trinajstić information content (AvgIpc) is 2.78. The number of primary amides is 1. The smallest absolute Gasteiger partial charge is 0.404 e. The van der Waals surface area contributed by atoms with E-state index in [2.05, 4.69) is 15.2 Å². The molecular weight excluding hydrogens is 472 g/mol. The minimum atomic E-state index is -1.38. The van der Waals surface area contributed by atoms with E-state index >= 15 is 0 Å². The Morgan fingerprint density at radius 3 is 2.68 bits per heavy atom. The number of oxime groups is 1. The number of amides is 3. The molecule has 0 saturated carbocycles. The second-order valence-electron chi connectivity index (χ2n) is 6.97. The molecule has 4 N–H and O–H groups in total. The Bertz CT molecular complexity index is 1120. The van der Waals surface area contributed by atoms with E-state index < -0.39 is 41.3 Å². The third-order valence-corrected chi connectivity index (χ3v) is 6.03. The molecule has 2 heterocycles. The van der Waals surface area contributed by atoms with Gasteiger partial charge in [0.25, 0.3) is 11.8 Å². The van der Waals surface area contributed by atoms with E-state index in [1.165, 1.54) is 44.0 Å². The van der Waals surface area contributed by atoms with Crippen LogP contribution in [0.4, 0.5) is 4.79 Å². The number of rotatable bonds is 8. The van der Waals surface area contributed by atoms with E-state index in [1.807, 2.05) is 0 Å². The molecule has 180 valence electrons. The number of β-lactam (4-membered cyclic amide) rings is 1. The number of nitrogens with two attached hydrogens (primary N) is 1. The number of esters is 1. The zero-order valence-corrected chi connectivity index (χ0v) is 18.8. The van der Waals surface area contributed by atoms with Crippen molar-refractivity contribution >= 4 is 47.3 Å². The second kappa shape index (κ2) is 10.2. The van der Waals surface area contributed by atoms with Gasteiger partial charge in [-0.25, -0.2) is 9.59 Å². The van der Waals surface area contributed by atoms with Crippen LogP contribution < -0.4 is 15.8 Å². The summed E-state index contributed by atoms with van der Waals surface area (Å²) >= 11 is 1.19. The predicted molar refractivity (Wildman–Crippen MR) is 117 cm³/mol. The molecule has 1 unspecified atom stereocenters. The number of benzene rings is 1. The van der Waals surface area contributed by atoms with Gasteiger partial charge in [-0.15, -0.1) is 11.8 Å². The lowest BCUT2D eigenvalue weighted by atomic mass is 10.0. The van der Waals surface area contributed by atoms with Crippen molar-refractivity contribution < 1.29 is 43.4 Å². The van der Waals surface area contributed by atoms with Crippen molar-refractivity contribution in [3.63, 3.8) is 0 Å². The Hall–Kier alpha value is -4.07. The Labute approximate surface area is 196 Å². The third kappa shape index (κ3) is 5.11. The summed E-state index contributed by atoms with van der Waals surface area (Å²) in [4.78, 5) is 65.3. The van der Waals surface area contributed by atoms with Crippen LogP contribution in [0.1, 0.15) is 12.5 Å². The molecule has 1 aromatic rings. The Morgan fingerprint density at radius 2 is 2.06 bits per heavy atom. The number of fused-ring (bicyclic) bond motifs is 1. The summed E-state index contributed by atoms with van der Waals surface area (Å²) in [7, 11) is 1.23. The molecular formula is C20H20N4O9S. The first-order chi connectivity index (χ1) is 16.1. The number of carboxylic acid groups (broad SMARTS) is 1. The summed E-state index contributed by atoms with van der Waals surface area (Å²) in [5.41, 5.74) is 4.89. The lowest BCUT2D eigenvalue weighted by molar-refractivity contribution is -0.150. The van der Waals surface area contributed by atoms with Gasteiger partial charge in [0.05, 0.1) is 0 Å². The quantitative estimate of drug-likeness (QED) is 0.144. The molecule has 2 aliphatic heterocycles. The molecule has 14 heteroatoms. The number of ether oxygens (including phenoxy) is 2. The topological polar surface area (TPSA) is 187 Å². The second-order valence-corrected chi connectivity index (χ2v) is 8.07. The maximum Gasteiger partial charge on any atom is 0.404 e. The van der Waals surface area contributed by atoms with Crippen molar-refractivity contribution in [3.8, 4) is 5.75 Å². The SMILES string of the molecule is CO/N=C(/C(=O)NC1C(=O)N2C(C(=O)O)=C(COC(N)=O)CS[C@H]12)c1cccc(OC(C)=O)c1. The molecule has 1 aromatic carbocycles. The normalized spacial score (nSPS) is 19.5. The van der Waals surface area contributed by atoms with E-state index in [4.69, 9.17) is 15.3 Å². The molecule has 3 amide bonds. The first kappa shape index (κ1) is 24.6. The van der Waals surface area contributed by atoms with Crippen molar-refractivity contribution in [3.05, 3.63) is 41.1 Å². The average molecular weight is 492 g/mol. The number of carbonyl (C=O) groups is 5. The molecule has 0 radical (unpaired) electrons. The van der Waals surface area contributed by atoms with Crippen molar-refractivity contribution in [2.24, 2.45) is 10.9 Å². The van der Waals surface area contributed by atoms with Crippen molar-refractivity contribution in [2.75, 3.05) is 19.5 Å². The van der Waals surface area contributed by atoms with Gasteiger partial charge < -0.3 is 30.5 Å². The fraction of sp³-hybridized carbons (Fsp3) is 0.300. The van der Waals surface area contributed by atoms with Crippen LogP contribution in [-0.4, -0.2) is 76.4 Å². The van der Waals surface area contributed by atoms with Crippen LogP contribution >= 0.6 is 11.8 Å². The Morgan fingerprint density at radius 1 is 1.32 bits per heavy atom. The van der Waals surface area contributed by atoms with Gasteiger partial charge >= 0.3 is 18.0 Å². The van der Waals surface area contributed by atoms with E-state index in [1.54, 1.807) is 6.07 Å². The highest BCUT2D eigenvalue weighted by atomic mass is 32.2. The minimum absolute atomic E-state index is 0.138. The molecule has 0 aliphatic carbocycles. The lowest BCUT2D eigenvalue weighted by Gasteiger charge is -2.49. The summed E-state index contributed by atoms with van der Waals surface area (Å²) in [5, 5.41) is 15.2. The minimum Gasteiger partial charge on any atom is -0.477 e. The first-order valence-electron chi connectivity index (χ1n) is 9.67. The first-order valence-corrected chi connectivity index (χ1v) is 10.7. The number of carboxylic acids is 1. The molecule has 34 heavy (non-hydrogen) atoms. The summed E-state index contributed by atoms with van der Waals surface area (Å²) < 4.78 is 9.69. The maximum atomic E-state index is 12.9. The molecule has 0 bridgehead atoms. The number of aliphatic carboxylic acids is 1. The van der Waals surface area contributed by atoms with E-state index in [9.17, 15) is 29.1 Å². The molecule has 0 spiro atoms. The number of hydrogen-bond donors (Lipinski definition) is 3. The van der Waals surface area contributed by atoms with Crippen molar-refractivity contribution in [2.45, 2.75) is 18.3 Å².